The third-order valence-electron chi connectivity index (χ3n) is 11.9. The molecule has 0 aliphatic heterocycles. The Morgan fingerprint density at radius 3 is 1.22 bits per heavy atom. The average Bonchev–Trinajstić information content (AvgIpc) is 3.47. The van der Waals surface area contributed by atoms with Crippen LogP contribution in [0.1, 0.15) is 57.0 Å². The first-order valence-electron chi connectivity index (χ1n) is 24.5. The molecule has 9 aromatic rings. The second-order valence-electron chi connectivity index (χ2n) is 17.8. The molecular formula is C65H58Br5Cl8NO2. The number of anilines is 1. The van der Waals surface area contributed by atoms with Crippen LogP contribution in [0.15, 0.2) is 186 Å². The van der Waals surface area contributed by atoms with Crippen LogP contribution in [0.4, 0.5) is 5.69 Å². The molecule has 3 N–H and O–H groups in total. The Labute approximate surface area is 560 Å². The third kappa shape index (κ3) is 22.5. The van der Waals surface area contributed by atoms with Crippen molar-refractivity contribution in [3.8, 4) is 22.3 Å². The molecule has 0 heterocycles. The highest BCUT2D eigenvalue weighted by Crippen LogP contribution is 2.45. The maximum absolute atomic E-state index is 10.8. The number of aliphatic hydroxyl groups excluding tert-OH is 1. The molecule has 0 spiro atoms. The zero-order chi connectivity index (χ0) is 60.7. The maximum atomic E-state index is 10.8. The number of aliphatic hydroxyl groups is 1. The summed E-state index contributed by atoms with van der Waals surface area (Å²) < 4.78 is 5.17. The van der Waals surface area contributed by atoms with Gasteiger partial charge in [0.05, 0.1) is 31.7 Å². The van der Waals surface area contributed by atoms with E-state index in [1.54, 1.807) is 13.8 Å². The molecule has 9 aromatic carbocycles. The van der Waals surface area contributed by atoms with Crippen molar-refractivity contribution < 1.29 is 9.90 Å². The van der Waals surface area contributed by atoms with Crippen molar-refractivity contribution in [2.24, 2.45) is 0 Å². The number of rotatable bonds is 5. The molecule has 9 rings (SSSR count). The molecule has 0 saturated carbocycles. The fourth-order valence-corrected chi connectivity index (χ4v) is 12.2. The lowest BCUT2D eigenvalue weighted by Gasteiger charge is -2.09. The molecule has 0 aliphatic rings. The predicted molar refractivity (Wildman–Crippen MR) is 372 cm³/mol. The summed E-state index contributed by atoms with van der Waals surface area (Å²) in [4.78, 5) is 10.8. The molecule has 0 atom stereocenters. The monoisotopic (exact) mass is 1560 g/mol. The SMILES string of the molecule is CC(=O)Cc1ccccc1C.Cc1c(Br)c(Br)c(Br)c(Br)c1Br.Cc1c(Cl)c(Cl)c(Cl)c(Cl)c1Cl.Cc1c(Cl)ccc(Cl)c1-c1ccccc1.Cc1c(Cl)cccc1-c1ccccc1.Cc1ccccc1CO.Cc1ccccc1N. The van der Waals surface area contributed by atoms with E-state index in [1.165, 1.54) is 16.7 Å². The van der Waals surface area contributed by atoms with E-state index in [9.17, 15) is 4.79 Å². The van der Waals surface area contributed by atoms with Crippen molar-refractivity contribution in [1.29, 1.82) is 0 Å². The van der Waals surface area contributed by atoms with Gasteiger partial charge in [-0.05, 0) is 226 Å². The van der Waals surface area contributed by atoms with Crippen LogP contribution in [-0.2, 0) is 17.8 Å². The van der Waals surface area contributed by atoms with Crippen LogP contribution in [0.3, 0.4) is 0 Å². The van der Waals surface area contributed by atoms with Gasteiger partial charge < -0.3 is 10.8 Å². The topological polar surface area (TPSA) is 63.3 Å². The number of carbonyl (C=O) groups excluding carboxylic acids is 1. The summed E-state index contributed by atoms with van der Waals surface area (Å²) in [5, 5.41) is 12.4. The predicted octanol–water partition coefficient (Wildman–Crippen LogP) is 25.5. The second kappa shape index (κ2) is 36.9. The molecular weight excluding hydrogens is 1510 g/mol. The highest BCUT2D eigenvalue weighted by Gasteiger charge is 2.16. The van der Waals surface area contributed by atoms with Crippen LogP contribution in [0.25, 0.3) is 22.3 Å². The van der Waals surface area contributed by atoms with Gasteiger partial charge in [-0.3, -0.25) is 4.79 Å². The van der Waals surface area contributed by atoms with Crippen molar-refractivity contribution in [1.82, 2.24) is 0 Å². The Kier molecular flexibility index (Phi) is 32.9. The number of aryl methyl sites for hydroxylation is 3. The number of benzene rings is 9. The summed E-state index contributed by atoms with van der Waals surface area (Å²) >= 11 is 64.5. The Morgan fingerprint density at radius 2 is 0.790 bits per heavy atom. The van der Waals surface area contributed by atoms with E-state index in [2.05, 4.69) is 97.8 Å². The normalized spacial score (nSPS) is 10.0. The number of ketones is 1. The first-order chi connectivity index (χ1) is 38.3. The van der Waals surface area contributed by atoms with Crippen molar-refractivity contribution in [3.05, 3.63) is 276 Å². The lowest BCUT2D eigenvalue weighted by atomic mass is 10.0. The zero-order valence-corrected chi connectivity index (χ0v) is 59.3. The smallest absolute Gasteiger partial charge is 0.134 e. The summed E-state index contributed by atoms with van der Waals surface area (Å²) in [5.74, 6) is 0.222. The van der Waals surface area contributed by atoms with E-state index < -0.39 is 0 Å². The van der Waals surface area contributed by atoms with Gasteiger partial charge in [-0.25, -0.2) is 0 Å². The highest BCUT2D eigenvalue weighted by atomic mass is 79.9. The molecule has 0 aliphatic carbocycles. The summed E-state index contributed by atoms with van der Waals surface area (Å²) in [6.45, 7) is 15.6. The fraction of sp³-hybridized carbons (Fsp3) is 0.154. The van der Waals surface area contributed by atoms with E-state index >= 15 is 0 Å². The number of nitrogens with two attached hydrogens (primary N) is 1. The van der Waals surface area contributed by atoms with Crippen LogP contribution >= 0.6 is 172 Å². The quantitative estimate of drug-likeness (QED) is 0.103. The van der Waals surface area contributed by atoms with Gasteiger partial charge in [0, 0.05) is 55.1 Å². The minimum atomic E-state index is 0.146. The minimum Gasteiger partial charge on any atom is -0.399 e. The number of para-hydroxylation sites is 1. The molecule has 426 valence electrons. The lowest BCUT2D eigenvalue weighted by Crippen LogP contribution is -1.97. The summed E-state index contributed by atoms with van der Waals surface area (Å²) in [6.07, 6.45) is 0.562. The summed E-state index contributed by atoms with van der Waals surface area (Å²) in [6, 6.07) is 53.6. The molecule has 0 saturated heterocycles. The van der Waals surface area contributed by atoms with E-state index in [0.717, 1.165) is 93.2 Å². The summed E-state index contributed by atoms with van der Waals surface area (Å²) in [7, 11) is 0. The fourth-order valence-electron chi connectivity index (χ4n) is 7.03. The highest BCUT2D eigenvalue weighted by molar-refractivity contribution is 9.15. The Balaban J connectivity index is 0.000000250. The van der Waals surface area contributed by atoms with Gasteiger partial charge in [0.2, 0.25) is 0 Å². The van der Waals surface area contributed by atoms with Gasteiger partial charge >= 0.3 is 0 Å². The molecule has 0 aromatic heterocycles. The van der Waals surface area contributed by atoms with Crippen LogP contribution in [0.5, 0.6) is 0 Å². The molecule has 0 fully saturated rings. The van der Waals surface area contributed by atoms with E-state index in [-0.39, 0.29) is 27.5 Å². The Bertz CT molecular complexity index is 3210. The number of nitrogen functional groups attached to an aromatic ring is 1. The van der Waals surface area contributed by atoms with E-state index in [1.807, 2.05) is 187 Å². The van der Waals surface area contributed by atoms with Crippen LogP contribution in [0.2, 0.25) is 40.2 Å². The third-order valence-corrected chi connectivity index (χ3v) is 22.0. The number of Topliss-reactive ketones (excluding diaryl/α,β-unsaturated/α-hetero) is 1. The van der Waals surface area contributed by atoms with E-state index in [0.29, 0.717) is 22.0 Å². The van der Waals surface area contributed by atoms with Crippen LogP contribution in [0, 0.1) is 48.5 Å². The van der Waals surface area contributed by atoms with Gasteiger partial charge in [-0.15, -0.1) is 0 Å². The summed E-state index contributed by atoms with van der Waals surface area (Å²) in [5.41, 5.74) is 20.5. The zero-order valence-electron chi connectivity index (χ0n) is 45.3. The molecule has 0 unspecified atom stereocenters. The Morgan fingerprint density at radius 1 is 0.395 bits per heavy atom. The molecule has 0 radical (unpaired) electrons. The standard InChI is InChI=1S/C13H10Cl2.C13H11Cl.C10H12O.C8H10O.C7H3Br5.C7H3Cl5.C7H9N/c1-9-11(14)7-8-12(15)13(9)10-5-3-2-4-6-10;1-10-12(8-5-9-13(10)14)11-6-3-2-4-7-11;1-8-5-3-4-6-10(8)7-9(2)11;1-7-4-2-3-5-8(7)6-9;2*1-2-3(8)5(10)7(12)6(11)4(2)9;1-6-4-2-3-5-7(6)8/h2-8H,1H3;2-9H,1H3;3-6H,7H2,1-2H3;2-5,9H,6H2,1H3;2*1H3;2-5H,8H2,1H3. The van der Waals surface area contributed by atoms with Gasteiger partial charge in [-0.2, -0.15) is 0 Å². The largest absolute Gasteiger partial charge is 0.399 e. The molecule has 16 heteroatoms. The minimum absolute atomic E-state index is 0.146. The number of carbonyl (C=O) groups is 1. The first-order valence-corrected chi connectivity index (χ1v) is 31.5. The molecule has 81 heavy (non-hydrogen) atoms. The van der Waals surface area contributed by atoms with E-state index in [4.69, 9.17) is 104 Å². The van der Waals surface area contributed by atoms with Gasteiger partial charge in [-0.1, -0.05) is 232 Å². The van der Waals surface area contributed by atoms with Crippen LogP contribution in [-0.4, -0.2) is 10.9 Å². The van der Waals surface area contributed by atoms with Gasteiger partial charge in [0.15, 0.2) is 0 Å². The van der Waals surface area contributed by atoms with Crippen molar-refractivity contribution in [3.63, 3.8) is 0 Å². The van der Waals surface area contributed by atoms with Crippen molar-refractivity contribution >= 4 is 184 Å². The first kappa shape index (κ1) is 72.4. The van der Waals surface area contributed by atoms with Crippen molar-refractivity contribution in [2.45, 2.75) is 68.4 Å². The lowest BCUT2D eigenvalue weighted by molar-refractivity contribution is -0.116. The average molecular weight is 1570 g/mol. The van der Waals surface area contributed by atoms with Crippen molar-refractivity contribution in [2.75, 3.05) is 5.73 Å². The molecule has 0 bridgehead atoms. The molecule has 0 amide bonds. The number of hydrogen-bond donors (Lipinski definition) is 2. The van der Waals surface area contributed by atoms with Gasteiger partial charge in [0.25, 0.3) is 0 Å². The number of halogens is 13. The Hall–Kier alpha value is -2.87. The van der Waals surface area contributed by atoms with Gasteiger partial charge in [0.1, 0.15) is 5.78 Å². The maximum Gasteiger partial charge on any atom is 0.134 e. The second-order valence-corrected chi connectivity index (χ2v) is 24.9. The van der Waals surface area contributed by atoms with Crippen LogP contribution < -0.4 is 5.73 Å². The molecule has 3 nitrogen and oxygen atoms in total. The number of hydrogen-bond acceptors (Lipinski definition) is 3.